The van der Waals surface area contributed by atoms with Crippen LogP contribution in [0.2, 0.25) is 0 Å². The van der Waals surface area contributed by atoms with Crippen molar-refractivity contribution in [2.45, 2.75) is 19.8 Å². The fourth-order valence-electron chi connectivity index (χ4n) is 1.54. The molecule has 0 fully saturated rings. The first-order chi connectivity index (χ1) is 8.54. The largest absolute Gasteiger partial charge is 0.396 e. The number of aliphatic hydroxyl groups excluding tert-OH is 1. The average molecular weight is 252 g/mol. The molecule has 0 spiro atoms. The van der Waals surface area contributed by atoms with E-state index in [-0.39, 0.29) is 23.8 Å². The zero-order chi connectivity index (χ0) is 13.5. The summed E-state index contributed by atoms with van der Waals surface area (Å²) in [6, 6.07) is 4.28. The quantitative estimate of drug-likeness (QED) is 0.454. The summed E-state index contributed by atoms with van der Waals surface area (Å²) in [4.78, 5) is 21.9. The summed E-state index contributed by atoms with van der Waals surface area (Å²) in [6.07, 6.45) is 1.30. The first-order valence-corrected chi connectivity index (χ1v) is 5.69. The van der Waals surface area contributed by atoms with Crippen molar-refractivity contribution in [3.8, 4) is 0 Å². The molecular formula is C12H16N2O4. The first-order valence-electron chi connectivity index (χ1n) is 5.69. The number of nitro groups is 1. The summed E-state index contributed by atoms with van der Waals surface area (Å²) in [6.45, 7) is 2.24. The predicted octanol–water partition coefficient (Wildman–Crippen LogP) is 1.41. The van der Waals surface area contributed by atoms with Gasteiger partial charge in [0.1, 0.15) is 0 Å². The highest BCUT2D eigenvalue weighted by Crippen LogP contribution is 2.16. The minimum atomic E-state index is -0.518. The molecule has 2 N–H and O–H groups in total. The number of aliphatic hydroxyl groups is 1. The summed E-state index contributed by atoms with van der Waals surface area (Å²) in [5.74, 6) is -0.334. The molecule has 1 aromatic rings. The highest BCUT2D eigenvalue weighted by molar-refractivity contribution is 5.95. The van der Waals surface area contributed by atoms with Crippen molar-refractivity contribution in [2.24, 2.45) is 0 Å². The number of benzene rings is 1. The predicted molar refractivity (Wildman–Crippen MR) is 66.5 cm³/mol. The van der Waals surface area contributed by atoms with Gasteiger partial charge in [-0.1, -0.05) is 0 Å². The summed E-state index contributed by atoms with van der Waals surface area (Å²) >= 11 is 0. The van der Waals surface area contributed by atoms with Crippen molar-refractivity contribution in [3.05, 3.63) is 39.4 Å². The lowest BCUT2D eigenvalue weighted by Gasteiger charge is -2.05. The van der Waals surface area contributed by atoms with Crippen molar-refractivity contribution in [1.29, 1.82) is 0 Å². The number of unbranched alkanes of at least 4 members (excludes halogenated alkanes) is 1. The van der Waals surface area contributed by atoms with Crippen molar-refractivity contribution in [2.75, 3.05) is 13.2 Å². The Kier molecular flexibility index (Phi) is 5.26. The molecule has 0 heterocycles. The number of amides is 1. The van der Waals surface area contributed by atoms with Gasteiger partial charge in [-0.2, -0.15) is 0 Å². The molecule has 0 bridgehead atoms. The fraction of sp³-hybridized carbons (Fsp3) is 0.417. The third kappa shape index (κ3) is 4.14. The Hall–Kier alpha value is -1.95. The zero-order valence-electron chi connectivity index (χ0n) is 10.2. The molecule has 0 aliphatic carbocycles. The average Bonchev–Trinajstić information content (AvgIpc) is 2.33. The van der Waals surface area contributed by atoms with E-state index in [1.165, 1.54) is 12.1 Å². The van der Waals surface area contributed by atoms with E-state index in [1.54, 1.807) is 13.0 Å². The Morgan fingerprint density at radius 2 is 2.11 bits per heavy atom. The summed E-state index contributed by atoms with van der Waals surface area (Å²) < 4.78 is 0. The van der Waals surface area contributed by atoms with Gasteiger partial charge >= 0.3 is 0 Å². The van der Waals surface area contributed by atoms with Gasteiger partial charge in [0.15, 0.2) is 0 Å². The third-order valence-electron chi connectivity index (χ3n) is 2.41. The van der Waals surface area contributed by atoms with Crippen LogP contribution in [0.15, 0.2) is 18.2 Å². The van der Waals surface area contributed by atoms with Gasteiger partial charge in [0.25, 0.3) is 11.6 Å². The lowest BCUT2D eigenvalue weighted by molar-refractivity contribution is -0.384. The Morgan fingerprint density at radius 3 is 2.72 bits per heavy atom. The molecule has 0 aliphatic heterocycles. The molecule has 0 atom stereocenters. The molecule has 0 saturated carbocycles. The number of hydrogen-bond acceptors (Lipinski definition) is 4. The minimum Gasteiger partial charge on any atom is -0.396 e. The number of carbonyl (C=O) groups excluding carboxylic acids is 1. The van der Waals surface area contributed by atoms with Crippen LogP contribution in [0.25, 0.3) is 0 Å². The van der Waals surface area contributed by atoms with E-state index in [0.29, 0.717) is 24.9 Å². The van der Waals surface area contributed by atoms with Crippen molar-refractivity contribution >= 4 is 11.6 Å². The van der Waals surface area contributed by atoms with E-state index >= 15 is 0 Å². The number of aryl methyl sites for hydroxylation is 1. The number of non-ortho nitro benzene ring substituents is 1. The molecule has 1 aromatic carbocycles. The normalized spacial score (nSPS) is 10.1. The Bertz CT molecular complexity index is 446. The van der Waals surface area contributed by atoms with E-state index in [4.69, 9.17) is 5.11 Å². The van der Waals surface area contributed by atoms with Gasteiger partial charge in [-0.05, 0) is 31.4 Å². The molecule has 0 aromatic heterocycles. The SMILES string of the molecule is Cc1cc(C(=O)NCCCCO)cc([N+](=O)[O-])c1. The summed E-state index contributed by atoms with van der Waals surface area (Å²) in [7, 11) is 0. The molecule has 6 nitrogen and oxygen atoms in total. The van der Waals surface area contributed by atoms with Gasteiger partial charge in [-0.25, -0.2) is 0 Å². The molecule has 0 radical (unpaired) electrons. The maximum atomic E-state index is 11.7. The van der Waals surface area contributed by atoms with Crippen LogP contribution in [0.5, 0.6) is 0 Å². The monoisotopic (exact) mass is 252 g/mol. The Balaban J connectivity index is 2.70. The van der Waals surface area contributed by atoms with Crippen molar-refractivity contribution in [1.82, 2.24) is 5.32 Å². The molecule has 0 saturated heterocycles. The van der Waals surface area contributed by atoms with Crippen LogP contribution in [0, 0.1) is 17.0 Å². The summed E-state index contributed by atoms with van der Waals surface area (Å²) in [5.41, 5.74) is 0.867. The topological polar surface area (TPSA) is 92.5 Å². The Labute approximate surface area is 105 Å². The third-order valence-corrected chi connectivity index (χ3v) is 2.41. The molecule has 98 valence electrons. The van der Waals surface area contributed by atoms with E-state index in [0.717, 1.165) is 0 Å². The second-order valence-electron chi connectivity index (χ2n) is 4.00. The zero-order valence-corrected chi connectivity index (χ0v) is 10.2. The number of hydrogen-bond donors (Lipinski definition) is 2. The van der Waals surface area contributed by atoms with Gasteiger partial charge < -0.3 is 10.4 Å². The number of rotatable bonds is 6. The second kappa shape index (κ2) is 6.70. The molecule has 6 heteroatoms. The fourth-order valence-corrected chi connectivity index (χ4v) is 1.54. The van der Waals surface area contributed by atoms with Gasteiger partial charge in [0.05, 0.1) is 4.92 Å². The van der Waals surface area contributed by atoms with E-state index in [9.17, 15) is 14.9 Å². The van der Waals surface area contributed by atoms with Crippen molar-refractivity contribution in [3.63, 3.8) is 0 Å². The number of nitrogens with one attached hydrogen (secondary N) is 1. The minimum absolute atomic E-state index is 0.0875. The van der Waals surface area contributed by atoms with Crippen LogP contribution in [-0.2, 0) is 0 Å². The van der Waals surface area contributed by atoms with Gasteiger partial charge in [-0.15, -0.1) is 0 Å². The number of nitro benzene ring substituents is 1. The van der Waals surface area contributed by atoms with Gasteiger partial charge in [-0.3, -0.25) is 14.9 Å². The highest BCUT2D eigenvalue weighted by atomic mass is 16.6. The molecular weight excluding hydrogens is 236 g/mol. The standard InChI is InChI=1S/C12H16N2O4/c1-9-6-10(8-11(7-9)14(17)18)12(16)13-4-2-3-5-15/h6-8,15H,2-5H2,1H3,(H,13,16). The molecule has 0 aliphatic rings. The lowest BCUT2D eigenvalue weighted by atomic mass is 10.1. The van der Waals surface area contributed by atoms with Crippen LogP contribution in [0.1, 0.15) is 28.8 Å². The maximum absolute atomic E-state index is 11.7. The van der Waals surface area contributed by atoms with E-state index < -0.39 is 4.92 Å². The smallest absolute Gasteiger partial charge is 0.270 e. The lowest BCUT2D eigenvalue weighted by Crippen LogP contribution is -2.24. The van der Waals surface area contributed by atoms with Crippen LogP contribution < -0.4 is 5.32 Å². The van der Waals surface area contributed by atoms with Crippen LogP contribution in [-0.4, -0.2) is 29.1 Å². The molecule has 1 rings (SSSR count). The highest BCUT2D eigenvalue weighted by Gasteiger charge is 2.12. The summed E-state index contributed by atoms with van der Waals surface area (Å²) in [5, 5.41) is 21.9. The van der Waals surface area contributed by atoms with Crippen LogP contribution >= 0.6 is 0 Å². The van der Waals surface area contributed by atoms with E-state index in [1.807, 2.05) is 0 Å². The maximum Gasteiger partial charge on any atom is 0.270 e. The molecule has 1 amide bonds. The number of nitrogens with zero attached hydrogens (tertiary/aromatic N) is 1. The van der Waals surface area contributed by atoms with E-state index in [2.05, 4.69) is 5.32 Å². The van der Waals surface area contributed by atoms with Crippen LogP contribution in [0.3, 0.4) is 0 Å². The first kappa shape index (κ1) is 14.1. The number of carbonyl (C=O) groups is 1. The molecule has 0 unspecified atom stereocenters. The molecule has 18 heavy (non-hydrogen) atoms. The van der Waals surface area contributed by atoms with Crippen molar-refractivity contribution < 1.29 is 14.8 Å². The second-order valence-corrected chi connectivity index (χ2v) is 4.00. The van der Waals surface area contributed by atoms with Crippen LogP contribution in [0.4, 0.5) is 5.69 Å². The Morgan fingerprint density at radius 1 is 1.39 bits per heavy atom. The van der Waals surface area contributed by atoms with Gasteiger partial charge in [0, 0.05) is 30.8 Å². The van der Waals surface area contributed by atoms with Gasteiger partial charge in [0.2, 0.25) is 0 Å².